The number of nitrogens with zero attached hydrogens (tertiary/aromatic N) is 2. The van der Waals surface area contributed by atoms with Crippen LogP contribution in [0.3, 0.4) is 0 Å². The highest BCUT2D eigenvalue weighted by Gasteiger charge is 2.22. The summed E-state index contributed by atoms with van der Waals surface area (Å²) in [5, 5.41) is 2.96. The van der Waals surface area contributed by atoms with E-state index in [9.17, 15) is 4.79 Å². The third-order valence-electron chi connectivity index (χ3n) is 6.86. The first kappa shape index (κ1) is 26.2. The second-order valence-electron chi connectivity index (χ2n) is 9.50. The van der Waals surface area contributed by atoms with Crippen LogP contribution in [0.15, 0.2) is 54.6 Å². The van der Waals surface area contributed by atoms with Crippen molar-refractivity contribution in [2.24, 2.45) is 0 Å². The fourth-order valence-corrected chi connectivity index (χ4v) is 4.59. The molecule has 1 heterocycles. The predicted octanol–water partition coefficient (Wildman–Crippen LogP) is 6.66. The Morgan fingerprint density at radius 2 is 1.59 bits per heavy atom. The van der Waals surface area contributed by atoms with E-state index in [0.717, 1.165) is 49.3 Å². The molecule has 1 saturated heterocycles. The van der Waals surface area contributed by atoms with Gasteiger partial charge in [0.15, 0.2) is 0 Å². The molecule has 0 radical (unpaired) electrons. The number of piperidine rings is 1. The summed E-state index contributed by atoms with van der Waals surface area (Å²) >= 11 is 0. The molecule has 0 aliphatic carbocycles. The summed E-state index contributed by atoms with van der Waals surface area (Å²) < 4.78 is 5.76. The van der Waals surface area contributed by atoms with E-state index in [1.807, 2.05) is 54.6 Å². The molecule has 0 bridgehead atoms. The normalized spacial score (nSPS) is 14.9. The lowest BCUT2D eigenvalue weighted by atomic mass is 10.0. The quantitative estimate of drug-likeness (QED) is 0.336. The van der Waals surface area contributed by atoms with Gasteiger partial charge in [0.05, 0.1) is 5.69 Å². The van der Waals surface area contributed by atoms with Crippen LogP contribution in [0.25, 0.3) is 11.1 Å². The Hall–Kier alpha value is -2.37. The highest BCUT2D eigenvalue weighted by Crippen LogP contribution is 2.28. The zero-order valence-corrected chi connectivity index (χ0v) is 21.2. The molecular formula is C29H43N3O2. The van der Waals surface area contributed by atoms with Crippen LogP contribution >= 0.6 is 0 Å². The summed E-state index contributed by atoms with van der Waals surface area (Å²) in [6.45, 7) is 7.79. The molecular weight excluding hydrogens is 422 g/mol. The zero-order valence-electron chi connectivity index (χ0n) is 21.2. The van der Waals surface area contributed by atoms with Crippen molar-refractivity contribution in [2.45, 2.75) is 64.4 Å². The first-order chi connectivity index (χ1) is 16.7. The smallest absolute Gasteiger partial charge is 0.411 e. The van der Waals surface area contributed by atoms with Crippen LogP contribution in [-0.2, 0) is 4.74 Å². The minimum atomic E-state index is -0.355. The number of rotatable bonds is 13. The van der Waals surface area contributed by atoms with Crippen molar-refractivity contribution in [3.63, 3.8) is 0 Å². The van der Waals surface area contributed by atoms with Gasteiger partial charge in [0.25, 0.3) is 0 Å². The van der Waals surface area contributed by atoms with E-state index in [1.165, 1.54) is 51.6 Å². The second-order valence-corrected chi connectivity index (χ2v) is 9.50. The Morgan fingerprint density at radius 1 is 0.941 bits per heavy atom. The summed E-state index contributed by atoms with van der Waals surface area (Å²) in [6.07, 6.45) is 9.45. The van der Waals surface area contributed by atoms with E-state index in [1.54, 1.807) is 0 Å². The second kappa shape index (κ2) is 14.8. The topological polar surface area (TPSA) is 44.8 Å². The van der Waals surface area contributed by atoms with Gasteiger partial charge in [0.2, 0.25) is 0 Å². The predicted molar refractivity (Wildman–Crippen MR) is 142 cm³/mol. The third kappa shape index (κ3) is 9.11. The number of benzene rings is 2. The molecule has 0 atom stereocenters. The van der Waals surface area contributed by atoms with E-state index in [4.69, 9.17) is 4.74 Å². The molecule has 1 aliphatic rings. The highest BCUT2D eigenvalue weighted by molar-refractivity contribution is 5.91. The van der Waals surface area contributed by atoms with Crippen LogP contribution in [-0.4, -0.2) is 61.8 Å². The van der Waals surface area contributed by atoms with Crippen LogP contribution < -0.4 is 5.32 Å². The summed E-state index contributed by atoms with van der Waals surface area (Å²) in [7, 11) is 2.20. The van der Waals surface area contributed by atoms with Gasteiger partial charge >= 0.3 is 6.09 Å². The van der Waals surface area contributed by atoms with Crippen LogP contribution in [0.4, 0.5) is 10.5 Å². The van der Waals surface area contributed by atoms with Gasteiger partial charge < -0.3 is 14.5 Å². The molecule has 5 nitrogen and oxygen atoms in total. The summed E-state index contributed by atoms with van der Waals surface area (Å²) in [5.41, 5.74) is 2.87. The standard InChI is InChI=1S/C29H43N3O2/c1-3-31(2)21-13-6-4-5-7-14-22-32-23-19-26(20-24-32)34-29(33)30-28-18-12-11-17-27(28)25-15-9-8-10-16-25/h8-12,15-18,26H,3-7,13-14,19-24H2,1-2H3,(H,30,33). The van der Waals surface area contributed by atoms with Crippen molar-refractivity contribution in [2.75, 3.05) is 45.1 Å². The fraction of sp³-hybridized carbons (Fsp3) is 0.552. The number of hydrogen-bond acceptors (Lipinski definition) is 4. The number of unbranched alkanes of at least 4 members (excludes halogenated alkanes) is 5. The average Bonchev–Trinajstić information content (AvgIpc) is 2.87. The van der Waals surface area contributed by atoms with E-state index in [0.29, 0.717) is 0 Å². The molecule has 186 valence electrons. The number of nitrogens with one attached hydrogen (secondary N) is 1. The van der Waals surface area contributed by atoms with Crippen LogP contribution in [0.2, 0.25) is 0 Å². The SMILES string of the molecule is CCN(C)CCCCCCCCN1CCC(OC(=O)Nc2ccccc2-c2ccccc2)CC1. The molecule has 3 rings (SSSR count). The van der Waals surface area contributed by atoms with Gasteiger partial charge in [-0.15, -0.1) is 0 Å². The minimum absolute atomic E-state index is 0.00129. The van der Waals surface area contributed by atoms with Crippen molar-refractivity contribution in [1.29, 1.82) is 0 Å². The summed E-state index contributed by atoms with van der Waals surface area (Å²) in [6, 6.07) is 18.0. The van der Waals surface area contributed by atoms with Gasteiger partial charge in [-0.1, -0.05) is 81.1 Å². The first-order valence-electron chi connectivity index (χ1n) is 13.2. The van der Waals surface area contributed by atoms with Crippen molar-refractivity contribution < 1.29 is 9.53 Å². The summed E-state index contributed by atoms with van der Waals surface area (Å²) in [5.74, 6) is 0. The van der Waals surface area contributed by atoms with Crippen LogP contribution in [0, 0.1) is 0 Å². The molecule has 0 unspecified atom stereocenters. The number of carbonyl (C=O) groups is 1. The fourth-order valence-electron chi connectivity index (χ4n) is 4.59. The number of carbonyl (C=O) groups excluding carboxylic acids is 1. The maximum atomic E-state index is 12.6. The van der Waals surface area contributed by atoms with Gasteiger partial charge in [-0.05, 0) is 64.0 Å². The van der Waals surface area contributed by atoms with E-state index >= 15 is 0 Å². The number of amides is 1. The van der Waals surface area contributed by atoms with Gasteiger partial charge in [-0.25, -0.2) is 4.79 Å². The molecule has 1 amide bonds. The number of likely N-dealkylation sites (tertiary alicyclic amines) is 1. The maximum Gasteiger partial charge on any atom is 0.411 e. The monoisotopic (exact) mass is 465 g/mol. The first-order valence-corrected chi connectivity index (χ1v) is 13.2. The Balaban J connectivity index is 1.29. The van der Waals surface area contributed by atoms with Crippen molar-refractivity contribution in [3.05, 3.63) is 54.6 Å². The molecule has 0 saturated carbocycles. The Kier molecular flexibility index (Phi) is 11.4. The number of hydrogen-bond donors (Lipinski definition) is 1. The van der Waals surface area contributed by atoms with Crippen molar-refractivity contribution >= 4 is 11.8 Å². The van der Waals surface area contributed by atoms with Gasteiger partial charge in [0, 0.05) is 18.7 Å². The van der Waals surface area contributed by atoms with Crippen LogP contribution in [0.1, 0.15) is 58.3 Å². The van der Waals surface area contributed by atoms with E-state index in [2.05, 4.69) is 29.1 Å². The zero-order chi connectivity index (χ0) is 24.0. The number of anilines is 1. The van der Waals surface area contributed by atoms with Crippen molar-refractivity contribution in [1.82, 2.24) is 9.80 Å². The lowest BCUT2D eigenvalue weighted by Gasteiger charge is -2.31. The molecule has 34 heavy (non-hydrogen) atoms. The Morgan fingerprint density at radius 3 is 2.32 bits per heavy atom. The molecule has 5 heteroatoms. The van der Waals surface area contributed by atoms with Gasteiger partial charge in [-0.2, -0.15) is 0 Å². The molecule has 1 aliphatic heterocycles. The molecule has 1 fully saturated rings. The lowest BCUT2D eigenvalue weighted by Crippen LogP contribution is -2.38. The van der Waals surface area contributed by atoms with Gasteiger partial charge in [0.1, 0.15) is 6.10 Å². The molecule has 1 N–H and O–H groups in total. The van der Waals surface area contributed by atoms with Gasteiger partial charge in [-0.3, -0.25) is 5.32 Å². The maximum absolute atomic E-state index is 12.6. The largest absolute Gasteiger partial charge is 0.446 e. The highest BCUT2D eigenvalue weighted by atomic mass is 16.6. The molecule has 0 aromatic heterocycles. The molecule has 2 aromatic rings. The lowest BCUT2D eigenvalue weighted by molar-refractivity contribution is 0.0585. The number of ether oxygens (including phenoxy) is 1. The molecule has 2 aromatic carbocycles. The van der Waals surface area contributed by atoms with Crippen LogP contribution in [0.5, 0.6) is 0 Å². The average molecular weight is 466 g/mol. The third-order valence-corrected chi connectivity index (χ3v) is 6.86. The van der Waals surface area contributed by atoms with Crippen molar-refractivity contribution in [3.8, 4) is 11.1 Å². The molecule has 0 spiro atoms. The summed E-state index contributed by atoms with van der Waals surface area (Å²) in [4.78, 5) is 17.5. The number of para-hydroxylation sites is 1. The van der Waals surface area contributed by atoms with E-state index < -0.39 is 0 Å². The van der Waals surface area contributed by atoms with E-state index in [-0.39, 0.29) is 12.2 Å². The Bertz CT molecular complexity index is 834. The minimum Gasteiger partial charge on any atom is -0.446 e. The Labute approximate surface area is 206 Å².